The van der Waals surface area contributed by atoms with Crippen molar-refractivity contribution in [2.75, 3.05) is 5.75 Å². The minimum absolute atomic E-state index is 0.0295. The standard InChI is InChI=1S/C12H12F3NOS/c13-12(14,15)18-7-6-16-5-4-9-2-1-3-10(8-17)11(9)16/h1-5,17H,6-8H2. The van der Waals surface area contributed by atoms with Gasteiger partial charge in [0.15, 0.2) is 0 Å². The quantitative estimate of drug-likeness (QED) is 0.925. The number of aliphatic hydroxyl groups is 1. The van der Waals surface area contributed by atoms with Crippen LogP contribution >= 0.6 is 11.8 Å². The molecule has 0 amide bonds. The van der Waals surface area contributed by atoms with Crippen molar-refractivity contribution in [3.05, 3.63) is 36.0 Å². The van der Waals surface area contributed by atoms with Crippen molar-refractivity contribution in [1.82, 2.24) is 4.57 Å². The second-order valence-corrected chi connectivity index (χ2v) is 4.98. The minimum atomic E-state index is -4.19. The lowest BCUT2D eigenvalue weighted by Crippen LogP contribution is -2.07. The van der Waals surface area contributed by atoms with E-state index in [1.54, 1.807) is 16.8 Å². The monoisotopic (exact) mass is 275 g/mol. The Bertz CT molecular complexity index is 536. The predicted molar refractivity (Wildman–Crippen MR) is 66.4 cm³/mol. The van der Waals surface area contributed by atoms with Crippen LogP contribution in [0.5, 0.6) is 0 Å². The summed E-state index contributed by atoms with van der Waals surface area (Å²) in [4.78, 5) is 0. The number of thioether (sulfide) groups is 1. The molecule has 2 nitrogen and oxygen atoms in total. The third-order valence-corrected chi connectivity index (χ3v) is 3.35. The second-order valence-electron chi connectivity index (χ2n) is 3.82. The van der Waals surface area contributed by atoms with Gasteiger partial charge in [0.2, 0.25) is 0 Å². The molecule has 0 atom stereocenters. The average molecular weight is 275 g/mol. The molecule has 0 aliphatic carbocycles. The highest BCUT2D eigenvalue weighted by molar-refractivity contribution is 8.00. The summed E-state index contributed by atoms with van der Waals surface area (Å²) in [5, 5.41) is 10.2. The van der Waals surface area contributed by atoms with E-state index in [9.17, 15) is 18.3 Å². The fourth-order valence-electron chi connectivity index (χ4n) is 1.91. The van der Waals surface area contributed by atoms with Gasteiger partial charge in [-0.25, -0.2) is 0 Å². The molecule has 1 N–H and O–H groups in total. The van der Waals surface area contributed by atoms with Crippen molar-refractivity contribution in [2.24, 2.45) is 0 Å². The molecule has 0 spiro atoms. The summed E-state index contributed by atoms with van der Waals surface area (Å²) in [5.41, 5.74) is -2.65. The largest absolute Gasteiger partial charge is 0.441 e. The molecule has 0 fully saturated rings. The Kier molecular flexibility index (Phi) is 3.87. The number of hydrogen-bond acceptors (Lipinski definition) is 2. The lowest BCUT2D eigenvalue weighted by molar-refractivity contribution is -0.0328. The number of alkyl halides is 3. The maximum absolute atomic E-state index is 12.1. The zero-order valence-corrected chi connectivity index (χ0v) is 10.3. The molecule has 1 aromatic carbocycles. The van der Waals surface area contributed by atoms with Crippen LogP contribution in [0.15, 0.2) is 30.5 Å². The fraction of sp³-hybridized carbons (Fsp3) is 0.333. The Hall–Kier alpha value is -1.14. The van der Waals surface area contributed by atoms with Gasteiger partial charge in [-0.05, 0) is 23.2 Å². The molecule has 0 radical (unpaired) electrons. The van der Waals surface area contributed by atoms with Crippen molar-refractivity contribution in [3.63, 3.8) is 0 Å². The Morgan fingerprint density at radius 2 is 2.00 bits per heavy atom. The molecule has 0 aliphatic heterocycles. The van der Waals surface area contributed by atoms with Gasteiger partial charge in [0.05, 0.1) is 12.1 Å². The van der Waals surface area contributed by atoms with E-state index in [1.165, 1.54) is 0 Å². The first kappa shape index (κ1) is 13.3. The summed E-state index contributed by atoms with van der Waals surface area (Å²) < 4.78 is 37.9. The van der Waals surface area contributed by atoms with Gasteiger partial charge in [0.1, 0.15) is 0 Å². The van der Waals surface area contributed by atoms with Gasteiger partial charge < -0.3 is 9.67 Å². The Morgan fingerprint density at radius 3 is 2.67 bits per heavy atom. The van der Waals surface area contributed by atoms with Gasteiger partial charge >= 0.3 is 5.51 Å². The molecular weight excluding hydrogens is 263 g/mol. The number of aryl methyl sites for hydroxylation is 1. The van der Waals surface area contributed by atoms with Crippen molar-refractivity contribution in [3.8, 4) is 0 Å². The van der Waals surface area contributed by atoms with Crippen molar-refractivity contribution in [1.29, 1.82) is 0 Å². The summed E-state index contributed by atoms with van der Waals surface area (Å²) in [5.74, 6) is -0.0347. The number of benzene rings is 1. The third-order valence-electron chi connectivity index (χ3n) is 2.64. The van der Waals surface area contributed by atoms with Crippen LogP contribution in [0.1, 0.15) is 5.56 Å². The molecule has 0 saturated heterocycles. The smallest absolute Gasteiger partial charge is 0.392 e. The van der Waals surface area contributed by atoms with Crippen LogP contribution in [0.25, 0.3) is 10.9 Å². The van der Waals surface area contributed by atoms with Gasteiger partial charge in [-0.3, -0.25) is 0 Å². The molecule has 0 unspecified atom stereocenters. The van der Waals surface area contributed by atoms with E-state index in [2.05, 4.69) is 0 Å². The molecular formula is C12H12F3NOS. The lowest BCUT2D eigenvalue weighted by Gasteiger charge is -2.09. The summed E-state index contributed by atoms with van der Waals surface area (Å²) in [6.45, 7) is 0.151. The van der Waals surface area contributed by atoms with E-state index >= 15 is 0 Å². The summed E-state index contributed by atoms with van der Waals surface area (Å²) >= 11 is -0.0295. The van der Waals surface area contributed by atoms with Gasteiger partial charge in [0.25, 0.3) is 0 Å². The number of hydrogen-bond donors (Lipinski definition) is 1. The highest BCUT2D eigenvalue weighted by Gasteiger charge is 2.27. The van der Waals surface area contributed by atoms with Crippen molar-refractivity contribution >= 4 is 22.7 Å². The van der Waals surface area contributed by atoms with E-state index < -0.39 is 5.51 Å². The molecule has 1 aromatic heterocycles. The van der Waals surface area contributed by atoms with Gasteiger partial charge in [-0.1, -0.05) is 18.2 Å². The van der Waals surface area contributed by atoms with Crippen molar-refractivity contribution < 1.29 is 18.3 Å². The van der Waals surface area contributed by atoms with Crippen LogP contribution < -0.4 is 0 Å². The maximum Gasteiger partial charge on any atom is 0.441 e. The first-order chi connectivity index (χ1) is 8.51. The average Bonchev–Trinajstić information content (AvgIpc) is 2.71. The highest BCUT2D eigenvalue weighted by atomic mass is 32.2. The van der Waals surface area contributed by atoms with Gasteiger partial charge in [-0.15, -0.1) is 0 Å². The number of nitrogens with zero attached hydrogens (tertiary/aromatic N) is 1. The first-order valence-electron chi connectivity index (χ1n) is 5.39. The Morgan fingerprint density at radius 1 is 1.22 bits per heavy atom. The SMILES string of the molecule is OCc1cccc2ccn(CCSC(F)(F)F)c12. The van der Waals surface area contributed by atoms with E-state index in [0.29, 0.717) is 0 Å². The lowest BCUT2D eigenvalue weighted by atomic mass is 10.1. The van der Waals surface area contributed by atoms with Crippen LogP contribution in [0.2, 0.25) is 0 Å². The van der Waals surface area contributed by atoms with Crippen LogP contribution in [0.4, 0.5) is 13.2 Å². The molecule has 2 aromatic rings. The van der Waals surface area contributed by atoms with Crippen LogP contribution in [0.3, 0.4) is 0 Å². The number of fused-ring (bicyclic) bond motifs is 1. The zero-order chi connectivity index (χ0) is 13.2. The van der Waals surface area contributed by atoms with E-state index in [1.807, 2.05) is 18.2 Å². The van der Waals surface area contributed by atoms with Gasteiger partial charge in [0, 0.05) is 24.1 Å². The van der Waals surface area contributed by atoms with Crippen molar-refractivity contribution in [2.45, 2.75) is 18.7 Å². The van der Waals surface area contributed by atoms with Crippen LogP contribution in [-0.4, -0.2) is 20.9 Å². The molecule has 1 heterocycles. The molecule has 6 heteroatoms. The molecule has 98 valence electrons. The van der Waals surface area contributed by atoms with Gasteiger partial charge in [-0.2, -0.15) is 13.2 Å². The number of rotatable bonds is 4. The number of aromatic nitrogens is 1. The number of aliphatic hydroxyl groups excluding tert-OH is 1. The number of para-hydroxylation sites is 1. The second kappa shape index (κ2) is 5.24. The molecule has 2 rings (SSSR count). The topological polar surface area (TPSA) is 25.2 Å². The first-order valence-corrected chi connectivity index (χ1v) is 6.38. The zero-order valence-electron chi connectivity index (χ0n) is 9.44. The Labute approximate surface area is 106 Å². The Balaban J connectivity index is 2.18. The normalized spacial score (nSPS) is 12.2. The predicted octanol–water partition coefficient (Wildman–Crippen LogP) is 3.39. The molecule has 0 bridgehead atoms. The highest BCUT2D eigenvalue weighted by Crippen LogP contribution is 2.30. The van der Waals surface area contributed by atoms with E-state index in [0.717, 1.165) is 16.5 Å². The number of halogens is 3. The fourth-order valence-corrected chi connectivity index (χ4v) is 2.43. The molecule has 18 heavy (non-hydrogen) atoms. The minimum Gasteiger partial charge on any atom is -0.392 e. The molecule has 0 aliphatic rings. The van der Waals surface area contributed by atoms with Crippen LogP contribution in [-0.2, 0) is 13.2 Å². The van der Waals surface area contributed by atoms with Crippen LogP contribution in [0, 0.1) is 0 Å². The summed E-state index contributed by atoms with van der Waals surface area (Å²) in [6.07, 6.45) is 1.75. The molecule has 0 saturated carbocycles. The van der Waals surface area contributed by atoms with E-state index in [4.69, 9.17) is 0 Å². The third kappa shape index (κ3) is 3.00. The maximum atomic E-state index is 12.1. The summed E-state index contributed by atoms with van der Waals surface area (Å²) in [6, 6.07) is 7.31. The van der Waals surface area contributed by atoms with E-state index in [-0.39, 0.29) is 30.7 Å². The summed E-state index contributed by atoms with van der Waals surface area (Å²) in [7, 11) is 0.